The van der Waals surface area contributed by atoms with E-state index in [1.54, 1.807) is 6.92 Å². The highest BCUT2D eigenvalue weighted by atomic mass is 19.4. The van der Waals surface area contributed by atoms with E-state index in [0.717, 1.165) is 16.7 Å². The summed E-state index contributed by atoms with van der Waals surface area (Å²) in [5, 5.41) is 7.38. The van der Waals surface area contributed by atoms with Gasteiger partial charge < -0.3 is 4.74 Å². The lowest BCUT2D eigenvalue weighted by atomic mass is 10.2. The fourth-order valence-electron chi connectivity index (χ4n) is 1.57. The molecule has 0 bridgehead atoms. The molecule has 102 valence electrons. The molecule has 2 rings (SSSR count). The van der Waals surface area contributed by atoms with Crippen LogP contribution in [0.15, 0.2) is 18.3 Å². The largest absolute Gasteiger partial charge is 0.466 e. The minimum atomic E-state index is -4.46. The van der Waals surface area contributed by atoms with Crippen LogP contribution in [0.25, 0.3) is 5.65 Å². The van der Waals surface area contributed by atoms with Gasteiger partial charge in [-0.1, -0.05) is 0 Å². The fraction of sp³-hybridized carbons (Fsp3) is 0.364. The molecule has 0 aliphatic carbocycles. The summed E-state index contributed by atoms with van der Waals surface area (Å²) < 4.78 is 43.6. The van der Waals surface area contributed by atoms with Crippen LogP contribution in [0, 0.1) is 0 Å². The van der Waals surface area contributed by atoms with Crippen molar-refractivity contribution in [2.75, 3.05) is 6.61 Å². The lowest BCUT2D eigenvalue weighted by molar-refractivity contribution is -0.142. The van der Waals surface area contributed by atoms with Crippen molar-refractivity contribution in [2.45, 2.75) is 19.5 Å². The van der Waals surface area contributed by atoms with Crippen molar-refractivity contribution in [3.8, 4) is 0 Å². The van der Waals surface area contributed by atoms with E-state index in [2.05, 4.69) is 10.2 Å². The van der Waals surface area contributed by atoms with Crippen molar-refractivity contribution in [1.29, 1.82) is 0 Å². The third-order valence-electron chi connectivity index (χ3n) is 2.41. The Morgan fingerprint density at radius 1 is 1.37 bits per heavy atom. The summed E-state index contributed by atoms with van der Waals surface area (Å²) in [6.45, 7) is 1.84. The summed E-state index contributed by atoms with van der Waals surface area (Å²) in [5.74, 6) is -0.450. The van der Waals surface area contributed by atoms with E-state index in [0.29, 0.717) is 0 Å². The number of fused-ring (bicyclic) bond motifs is 1. The quantitative estimate of drug-likeness (QED) is 0.801. The molecule has 2 aromatic rings. The van der Waals surface area contributed by atoms with E-state index in [4.69, 9.17) is 4.74 Å². The zero-order valence-corrected chi connectivity index (χ0v) is 9.94. The number of alkyl halides is 3. The molecule has 0 unspecified atom stereocenters. The summed E-state index contributed by atoms with van der Waals surface area (Å²) in [5.41, 5.74) is -0.586. The van der Waals surface area contributed by atoms with Crippen molar-refractivity contribution in [3.05, 3.63) is 29.7 Å². The average molecular weight is 273 g/mol. The Labute approximate surface area is 106 Å². The van der Waals surface area contributed by atoms with E-state index in [9.17, 15) is 18.0 Å². The van der Waals surface area contributed by atoms with Crippen LogP contribution in [-0.4, -0.2) is 27.2 Å². The molecule has 0 radical (unpaired) electrons. The van der Waals surface area contributed by atoms with Gasteiger partial charge >= 0.3 is 12.1 Å². The topological polar surface area (TPSA) is 56.5 Å². The van der Waals surface area contributed by atoms with Crippen LogP contribution in [0.2, 0.25) is 0 Å². The Morgan fingerprint density at radius 3 is 2.74 bits per heavy atom. The third kappa shape index (κ3) is 2.83. The van der Waals surface area contributed by atoms with Crippen LogP contribution < -0.4 is 0 Å². The number of rotatable bonds is 3. The van der Waals surface area contributed by atoms with Crippen LogP contribution in [0.4, 0.5) is 13.2 Å². The first-order chi connectivity index (χ1) is 8.91. The summed E-state index contributed by atoms with van der Waals surface area (Å²) in [7, 11) is 0. The van der Waals surface area contributed by atoms with E-state index < -0.39 is 17.7 Å². The standard InChI is InChI=1S/C11H10F3N3O2/c1-2-19-10(18)5-9-16-15-8-4-3-7(6-17(8)9)11(12,13)14/h3-4,6H,2,5H2,1H3. The number of pyridine rings is 1. The van der Waals surface area contributed by atoms with Gasteiger partial charge in [0.1, 0.15) is 12.2 Å². The normalized spacial score (nSPS) is 11.8. The van der Waals surface area contributed by atoms with Gasteiger partial charge in [0, 0.05) is 6.20 Å². The number of nitrogens with zero attached hydrogens (tertiary/aromatic N) is 3. The summed E-state index contributed by atoms with van der Waals surface area (Å²) in [4.78, 5) is 11.3. The highest BCUT2D eigenvalue weighted by molar-refractivity contribution is 5.71. The molecule has 0 aromatic carbocycles. The summed E-state index contributed by atoms with van der Waals surface area (Å²) in [6, 6.07) is 2.11. The Morgan fingerprint density at radius 2 is 2.11 bits per heavy atom. The highest BCUT2D eigenvalue weighted by Crippen LogP contribution is 2.29. The first-order valence-electron chi connectivity index (χ1n) is 5.48. The lowest BCUT2D eigenvalue weighted by Crippen LogP contribution is -2.11. The number of carbonyl (C=O) groups excluding carboxylic acids is 1. The van der Waals surface area contributed by atoms with Crippen LogP contribution in [0.5, 0.6) is 0 Å². The van der Waals surface area contributed by atoms with E-state index in [1.807, 2.05) is 0 Å². The predicted octanol–water partition coefficient (Wildman–Crippen LogP) is 1.85. The molecule has 19 heavy (non-hydrogen) atoms. The van der Waals surface area contributed by atoms with Crippen LogP contribution >= 0.6 is 0 Å². The van der Waals surface area contributed by atoms with Crippen molar-refractivity contribution in [3.63, 3.8) is 0 Å². The van der Waals surface area contributed by atoms with E-state index in [-0.39, 0.29) is 24.5 Å². The van der Waals surface area contributed by atoms with Crippen molar-refractivity contribution < 1.29 is 22.7 Å². The smallest absolute Gasteiger partial charge is 0.417 e. The first-order valence-corrected chi connectivity index (χ1v) is 5.48. The Hall–Kier alpha value is -2.12. The maximum atomic E-state index is 12.6. The fourth-order valence-corrected chi connectivity index (χ4v) is 1.57. The average Bonchev–Trinajstić information content (AvgIpc) is 2.71. The van der Waals surface area contributed by atoms with Crippen molar-refractivity contribution in [2.24, 2.45) is 0 Å². The Bertz CT molecular complexity index is 607. The molecule has 0 atom stereocenters. The minimum absolute atomic E-state index is 0.111. The van der Waals surface area contributed by atoms with Gasteiger partial charge in [0.05, 0.1) is 12.2 Å². The van der Waals surface area contributed by atoms with Gasteiger partial charge in [0.25, 0.3) is 0 Å². The van der Waals surface area contributed by atoms with E-state index in [1.165, 1.54) is 6.07 Å². The van der Waals surface area contributed by atoms with E-state index >= 15 is 0 Å². The SMILES string of the molecule is CCOC(=O)Cc1nnc2ccc(C(F)(F)F)cn12. The molecule has 0 saturated carbocycles. The number of hydrogen-bond acceptors (Lipinski definition) is 4. The molecule has 0 fully saturated rings. The Kier molecular flexibility index (Phi) is 3.41. The second-order valence-corrected chi connectivity index (χ2v) is 3.74. The molecule has 8 heteroatoms. The zero-order chi connectivity index (χ0) is 14.0. The third-order valence-corrected chi connectivity index (χ3v) is 2.41. The van der Waals surface area contributed by atoms with Gasteiger partial charge in [-0.2, -0.15) is 13.2 Å². The van der Waals surface area contributed by atoms with Crippen molar-refractivity contribution in [1.82, 2.24) is 14.6 Å². The number of esters is 1. The van der Waals surface area contributed by atoms with Gasteiger partial charge in [-0.3, -0.25) is 9.20 Å². The molecule has 5 nitrogen and oxygen atoms in total. The van der Waals surface area contributed by atoms with Crippen molar-refractivity contribution >= 4 is 11.6 Å². The van der Waals surface area contributed by atoms with Crippen LogP contribution in [0.1, 0.15) is 18.3 Å². The molecule has 0 spiro atoms. The minimum Gasteiger partial charge on any atom is -0.466 e. The second-order valence-electron chi connectivity index (χ2n) is 3.74. The molecule has 2 aromatic heterocycles. The van der Waals surface area contributed by atoms with Gasteiger partial charge in [-0.05, 0) is 19.1 Å². The number of aromatic nitrogens is 3. The Balaban J connectivity index is 2.37. The highest BCUT2D eigenvalue weighted by Gasteiger charge is 2.31. The van der Waals surface area contributed by atoms with Gasteiger partial charge in [-0.25, -0.2) is 0 Å². The number of carbonyl (C=O) groups is 1. The molecule has 2 heterocycles. The monoisotopic (exact) mass is 273 g/mol. The maximum Gasteiger partial charge on any atom is 0.417 e. The predicted molar refractivity (Wildman–Crippen MR) is 58.3 cm³/mol. The molecular weight excluding hydrogens is 263 g/mol. The first kappa shape index (κ1) is 13.3. The van der Waals surface area contributed by atoms with Crippen LogP contribution in [0.3, 0.4) is 0 Å². The number of hydrogen-bond donors (Lipinski definition) is 0. The van der Waals surface area contributed by atoms with Gasteiger partial charge in [-0.15, -0.1) is 10.2 Å². The molecule has 0 N–H and O–H groups in total. The lowest BCUT2D eigenvalue weighted by Gasteiger charge is -2.07. The molecule has 0 aliphatic heterocycles. The molecule has 0 amide bonds. The van der Waals surface area contributed by atoms with Crippen LogP contribution in [-0.2, 0) is 22.1 Å². The maximum absolute atomic E-state index is 12.6. The summed E-state index contributed by atoms with van der Waals surface area (Å²) >= 11 is 0. The number of halogens is 3. The van der Waals surface area contributed by atoms with Gasteiger partial charge in [0.2, 0.25) is 0 Å². The molecule has 0 saturated heterocycles. The van der Waals surface area contributed by atoms with Gasteiger partial charge in [0.15, 0.2) is 5.65 Å². The second kappa shape index (κ2) is 4.87. The zero-order valence-electron chi connectivity index (χ0n) is 9.94. The molecule has 0 aliphatic rings. The molecular formula is C11H10F3N3O2. The number of ether oxygens (including phenoxy) is 1. The summed E-state index contributed by atoms with van der Waals surface area (Å²) in [6.07, 6.45) is -3.82.